The van der Waals surface area contributed by atoms with Gasteiger partial charge in [0.2, 0.25) is 0 Å². The summed E-state index contributed by atoms with van der Waals surface area (Å²) in [5.41, 5.74) is 1.23. The van der Waals surface area contributed by atoms with Crippen LogP contribution in [0.25, 0.3) is 0 Å². The number of methoxy groups -OCH3 is 1. The highest BCUT2D eigenvalue weighted by atomic mass is 16.5. The zero-order valence-corrected chi connectivity index (χ0v) is 13.4. The van der Waals surface area contributed by atoms with Crippen LogP contribution in [0.2, 0.25) is 0 Å². The fraction of sp³-hybridized carbons (Fsp3) is 0.647. The van der Waals surface area contributed by atoms with E-state index >= 15 is 0 Å². The fourth-order valence-corrected chi connectivity index (χ4v) is 2.76. The molecule has 0 radical (unpaired) electrons. The summed E-state index contributed by atoms with van der Waals surface area (Å²) in [7, 11) is 1.69. The summed E-state index contributed by atoms with van der Waals surface area (Å²) < 4.78 is 10.9. The molecule has 1 heterocycles. The van der Waals surface area contributed by atoms with Crippen LogP contribution in [0.5, 0.6) is 11.5 Å². The highest BCUT2D eigenvalue weighted by Crippen LogP contribution is 2.27. The van der Waals surface area contributed by atoms with Crippen LogP contribution in [0.15, 0.2) is 18.2 Å². The zero-order valence-electron chi connectivity index (χ0n) is 13.4. The molecule has 0 aromatic heterocycles. The molecule has 118 valence electrons. The molecule has 2 rings (SSSR count). The smallest absolute Gasteiger partial charge is 0.161 e. The Labute approximate surface area is 128 Å². The van der Waals surface area contributed by atoms with Gasteiger partial charge in [0, 0.05) is 6.54 Å². The van der Waals surface area contributed by atoms with Gasteiger partial charge in [-0.15, -0.1) is 0 Å². The number of hydrogen-bond donors (Lipinski definition) is 1. The van der Waals surface area contributed by atoms with Crippen molar-refractivity contribution in [1.82, 2.24) is 10.2 Å². The minimum absolute atomic E-state index is 0.657. The molecule has 0 bridgehead atoms. The molecule has 1 saturated heterocycles. The number of nitrogens with zero attached hydrogens (tertiary/aromatic N) is 1. The molecule has 0 saturated carbocycles. The molecule has 1 fully saturated rings. The molecule has 1 aromatic rings. The van der Waals surface area contributed by atoms with E-state index in [1.54, 1.807) is 7.11 Å². The summed E-state index contributed by atoms with van der Waals surface area (Å²) >= 11 is 0. The molecular weight excluding hydrogens is 264 g/mol. The summed E-state index contributed by atoms with van der Waals surface area (Å²) in [6.07, 6.45) is 3.97. The predicted octanol–water partition coefficient (Wildman–Crippen LogP) is 2.67. The van der Waals surface area contributed by atoms with Crippen LogP contribution in [0, 0.1) is 0 Å². The molecule has 0 aliphatic carbocycles. The Morgan fingerprint density at radius 2 is 2.00 bits per heavy atom. The van der Waals surface area contributed by atoms with E-state index in [1.165, 1.54) is 44.5 Å². The maximum Gasteiger partial charge on any atom is 0.161 e. The molecule has 1 aliphatic heterocycles. The maximum absolute atomic E-state index is 5.53. The molecular formula is C17H28N2O2. The van der Waals surface area contributed by atoms with Gasteiger partial charge in [0.15, 0.2) is 11.5 Å². The lowest BCUT2D eigenvalue weighted by Gasteiger charge is -2.14. The average molecular weight is 292 g/mol. The number of rotatable bonds is 9. The van der Waals surface area contributed by atoms with E-state index in [1.807, 2.05) is 13.0 Å². The Morgan fingerprint density at radius 3 is 2.71 bits per heavy atom. The van der Waals surface area contributed by atoms with Gasteiger partial charge in [0.25, 0.3) is 0 Å². The number of likely N-dealkylation sites (tertiary alicyclic amines) is 1. The Hall–Kier alpha value is -1.26. The lowest BCUT2D eigenvalue weighted by atomic mass is 10.2. The predicted molar refractivity (Wildman–Crippen MR) is 86.2 cm³/mol. The fourth-order valence-electron chi connectivity index (χ4n) is 2.76. The molecule has 4 nitrogen and oxygen atoms in total. The Kier molecular flexibility index (Phi) is 6.83. The van der Waals surface area contributed by atoms with Gasteiger partial charge < -0.3 is 19.7 Å². The van der Waals surface area contributed by atoms with Gasteiger partial charge in [0.05, 0.1) is 13.7 Å². The van der Waals surface area contributed by atoms with Gasteiger partial charge in [-0.25, -0.2) is 0 Å². The van der Waals surface area contributed by atoms with Gasteiger partial charge in [-0.05, 0) is 70.1 Å². The van der Waals surface area contributed by atoms with Crippen molar-refractivity contribution in [2.75, 3.05) is 39.9 Å². The molecule has 0 amide bonds. The first-order valence-corrected chi connectivity index (χ1v) is 8.06. The van der Waals surface area contributed by atoms with Crippen LogP contribution in [0.1, 0.15) is 31.7 Å². The summed E-state index contributed by atoms with van der Waals surface area (Å²) in [4.78, 5) is 2.56. The molecule has 1 aromatic carbocycles. The second-order valence-electron chi connectivity index (χ2n) is 5.50. The number of ether oxygens (including phenoxy) is 2. The van der Waals surface area contributed by atoms with Crippen molar-refractivity contribution in [3.05, 3.63) is 23.8 Å². The molecule has 1 N–H and O–H groups in total. The Morgan fingerprint density at radius 1 is 1.19 bits per heavy atom. The van der Waals surface area contributed by atoms with Crippen LogP contribution < -0.4 is 14.8 Å². The van der Waals surface area contributed by atoms with Gasteiger partial charge in [-0.1, -0.05) is 6.07 Å². The van der Waals surface area contributed by atoms with E-state index in [2.05, 4.69) is 22.3 Å². The van der Waals surface area contributed by atoms with Crippen LogP contribution in [-0.2, 0) is 6.54 Å². The van der Waals surface area contributed by atoms with E-state index in [-0.39, 0.29) is 0 Å². The maximum atomic E-state index is 5.53. The molecule has 4 heteroatoms. The highest BCUT2D eigenvalue weighted by Gasteiger charge is 2.10. The van der Waals surface area contributed by atoms with Crippen molar-refractivity contribution < 1.29 is 9.47 Å². The van der Waals surface area contributed by atoms with Crippen LogP contribution >= 0.6 is 0 Å². The first-order chi connectivity index (χ1) is 10.3. The van der Waals surface area contributed by atoms with Crippen molar-refractivity contribution >= 4 is 0 Å². The Balaban J connectivity index is 1.69. The van der Waals surface area contributed by atoms with Crippen molar-refractivity contribution in [2.24, 2.45) is 0 Å². The van der Waals surface area contributed by atoms with Crippen molar-refractivity contribution in [3.8, 4) is 11.5 Å². The normalized spacial score (nSPS) is 15.3. The molecule has 1 aliphatic rings. The standard InChI is InChI=1S/C17H28N2O2/c1-3-21-16-8-7-15(13-17(16)20-2)14-18-9-6-12-19-10-4-5-11-19/h7-8,13,18H,3-6,9-12,14H2,1-2H3. The molecule has 0 atom stereocenters. The van der Waals surface area contributed by atoms with Crippen molar-refractivity contribution in [1.29, 1.82) is 0 Å². The van der Waals surface area contributed by atoms with E-state index in [0.717, 1.165) is 24.6 Å². The van der Waals surface area contributed by atoms with Crippen molar-refractivity contribution in [3.63, 3.8) is 0 Å². The second-order valence-corrected chi connectivity index (χ2v) is 5.50. The third-order valence-electron chi connectivity index (χ3n) is 3.88. The van der Waals surface area contributed by atoms with Gasteiger partial charge >= 0.3 is 0 Å². The SMILES string of the molecule is CCOc1ccc(CNCCCN2CCCC2)cc1OC. The molecule has 21 heavy (non-hydrogen) atoms. The van der Waals surface area contributed by atoms with Crippen LogP contribution in [0.4, 0.5) is 0 Å². The minimum Gasteiger partial charge on any atom is -0.493 e. The summed E-state index contributed by atoms with van der Waals surface area (Å²) in [6.45, 7) is 8.38. The minimum atomic E-state index is 0.657. The van der Waals surface area contributed by atoms with Gasteiger partial charge in [-0.2, -0.15) is 0 Å². The third-order valence-corrected chi connectivity index (χ3v) is 3.88. The summed E-state index contributed by atoms with van der Waals surface area (Å²) in [5, 5.41) is 3.51. The first-order valence-electron chi connectivity index (χ1n) is 8.06. The summed E-state index contributed by atoms with van der Waals surface area (Å²) in [5.74, 6) is 1.63. The van der Waals surface area contributed by atoms with Gasteiger partial charge in [0.1, 0.15) is 0 Å². The summed E-state index contributed by atoms with van der Waals surface area (Å²) in [6, 6.07) is 6.14. The number of hydrogen-bond acceptors (Lipinski definition) is 4. The topological polar surface area (TPSA) is 33.7 Å². The van der Waals surface area contributed by atoms with E-state index in [4.69, 9.17) is 9.47 Å². The Bertz CT molecular complexity index is 417. The first kappa shape index (κ1) is 16.1. The largest absolute Gasteiger partial charge is 0.493 e. The van der Waals surface area contributed by atoms with Crippen LogP contribution in [-0.4, -0.2) is 44.8 Å². The lowest BCUT2D eigenvalue weighted by molar-refractivity contribution is 0.310. The van der Waals surface area contributed by atoms with E-state index < -0.39 is 0 Å². The average Bonchev–Trinajstić information content (AvgIpc) is 3.01. The highest BCUT2D eigenvalue weighted by molar-refractivity contribution is 5.42. The third kappa shape index (κ3) is 5.21. The monoisotopic (exact) mass is 292 g/mol. The quantitative estimate of drug-likeness (QED) is 0.710. The second kappa shape index (κ2) is 8.90. The molecule has 0 unspecified atom stereocenters. The number of benzene rings is 1. The van der Waals surface area contributed by atoms with E-state index in [9.17, 15) is 0 Å². The lowest BCUT2D eigenvalue weighted by Crippen LogP contribution is -2.24. The van der Waals surface area contributed by atoms with E-state index in [0.29, 0.717) is 6.61 Å². The van der Waals surface area contributed by atoms with Gasteiger partial charge in [-0.3, -0.25) is 0 Å². The van der Waals surface area contributed by atoms with Crippen LogP contribution in [0.3, 0.4) is 0 Å². The molecule has 0 spiro atoms. The zero-order chi connectivity index (χ0) is 14.9. The number of nitrogens with one attached hydrogen (secondary N) is 1. The van der Waals surface area contributed by atoms with Crippen molar-refractivity contribution in [2.45, 2.75) is 32.7 Å².